The quantitative estimate of drug-likeness (QED) is 0.479. The van der Waals surface area contributed by atoms with Crippen molar-refractivity contribution in [3.05, 3.63) is 69.6 Å². The van der Waals surface area contributed by atoms with Gasteiger partial charge in [-0.05, 0) is 101 Å². The highest BCUT2D eigenvalue weighted by Gasteiger charge is 2.47. The molecule has 0 saturated carbocycles. The molecular weight excluding hydrogens is 623 g/mol. The van der Waals surface area contributed by atoms with E-state index in [-0.39, 0.29) is 43.2 Å². The SMILES string of the molecule is Cc1cc(C(=O)N2CCC(N(C)C)CC2)cc(C)c1C=CS(=O)(=O)N1CCC2(CC1)N=C(c1cccc(OC(F)(F)F)c1)NC2=O. The smallest absolute Gasteiger partial charge is 0.406 e. The molecule has 0 atom stereocenters. The van der Waals surface area contributed by atoms with Crippen molar-refractivity contribution in [3.8, 4) is 5.75 Å². The van der Waals surface area contributed by atoms with Gasteiger partial charge >= 0.3 is 6.36 Å². The van der Waals surface area contributed by atoms with Gasteiger partial charge in [0.15, 0.2) is 0 Å². The zero-order chi connectivity index (χ0) is 33.4. The van der Waals surface area contributed by atoms with Crippen LogP contribution in [0.4, 0.5) is 13.2 Å². The molecule has 3 aliphatic heterocycles. The number of ether oxygens (including phenoxy) is 1. The number of nitrogens with one attached hydrogen (secondary N) is 1. The number of piperidine rings is 2. The van der Waals surface area contributed by atoms with Crippen molar-refractivity contribution >= 4 is 33.7 Å². The van der Waals surface area contributed by atoms with E-state index in [1.165, 1.54) is 22.5 Å². The summed E-state index contributed by atoms with van der Waals surface area (Å²) in [4.78, 5) is 34.8. The Morgan fingerprint density at radius 3 is 2.28 bits per heavy atom. The average molecular weight is 662 g/mol. The summed E-state index contributed by atoms with van der Waals surface area (Å²) in [5, 5.41) is 3.78. The molecule has 46 heavy (non-hydrogen) atoms. The first kappa shape index (κ1) is 33.6. The molecular formula is C32H38F3N5O5S. The lowest BCUT2D eigenvalue weighted by Crippen LogP contribution is -2.50. The summed E-state index contributed by atoms with van der Waals surface area (Å²) in [6.07, 6.45) is -1.28. The van der Waals surface area contributed by atoms with Gasteiger partial charge in [-0.25, -0.2) is 8.42 Å². The molecule has 0 unspecified atom stereocenters. The predicted octanol–water partition coefficient (Wildman–Crippen LogP) is 4.08. The lowest BCUT2D eigenvalue weighted by atomic mass is 9.89. The van der Waals surface area contributed by atoms with Crippen LogP contribution in [-0.2, 0) is 14.8 Å². The molecule has 3 heterocycles. The molecule has 2 saturated heterocycles. The monoisotopic (exact) mass is 661 g/mol. The molecule has 0 aliphatic carbocycles. The molecule has 0 aromatic heterocycles. The first-order chi connectivity index (χ1) is 21.6. The van der Waals surface area contributed by atoms with E-state index in [0.717, 1.165) is 41.5 Å². The highest BCUT2D eigenvalue weighted by atomic mass is 32.2. The van der Waals surface area contributed by atoms with Crippen molar-refractivity contribution < 1.29 is 35.9 Å². The second kappa shape index (κ2) is 12.8. The molecule has 1 spiro atoms. The van der Waals surface area contributed by atoms with E-state index >= 15 is 0 Å². The van der Waals surface area contributed by atoms with Gasteiger partial charge in [0.1, 0.15) is 17.1 Å². The molecule has 1 N–H and O–H groups in total. The Kier molecular flexibility index (Phi) is 9.35. The van der Waals surface area contributed by atoms with Crippen LogP contribution in [0.5, 0.6) is 5.75 Å². The molecule has 10 nitrogen and oxygen atoms in total. The van der Waals surface area contributed by atoms with E-state index in [1.807, 2.05) is 32.8 Å². The van der Waals surface area contributed by atoms with Crippen LogP contribution in [0.15, 0.2) is 46.8 Å². The predicted molar refractivity (Wildman–Crippen MR) is 168 cm³/mol. The zero-order valence-electron chi connectivity index (χ0n) is 26.2. The number of nitrogens with zero attached hydrogens (tertiary/aromatic N) is 4. The maximum Gasteiger partial charge on any atom is 0.573 e. The number of hydrogen-bond acceptors (Lipinski definition) is 7. The number of benzene rings is 2. The van der Waals surface area contributed by atoms with Crippen molar-refractivity contribution in [2.24, 2.45) is 4.99 Å². The molecule has 3 aliphatic rings. The lowest BCUT2D eigenvalue weighted by molar-refractivity contribution is -0.274. The maximum absolute atomic E-state index is 13.3. The van der Waals surface area contributed by atoms with Crippen molar-refractivity contribution in [2.75, 3.05) is 40.3 Å². The number of aryl methyl sites for hydroxylation is 2. The number of amides is 2. The van der Waals surface area contributed by atoms with Gasteiger partial charge in [-0.2, -0.15) is 4.31 Å². The van der Waals surface area contributed by atoms with Crippen LogP contribution < -0.4 is 10.1 Å². The number of amidine groups is 1. The van der Waals surface area contributed by atoms with E-state index in [4.69, 9.17) is 0 Å². The van der Waals surface area contributed by atoms with Crippen LogP contribution in [0, 0.1) is 13.8 Å². The Labute approximate surface area is 266 Å². The van der Waals surface area contributed by atoms with Gasteiger partial charge in [0.25, 0.3) is 11.8 Å². The third-order valence-electron chi connectivity index (χ3n) is 8.96. The van der Waals surface area contributed by atoms with Crippen molar-refractivity contribution in [1.82, 2.24) is 19.4 Å². The van der Waals surface area contributed by atoms with Gasteiger partial charge in [0.2, 0.25) is 10.0 Å². The number of sulfonamides is 1. The number of hydrogen-bond donors (Lipinski definition) is 1. The minimum Gasteiger partial charge on any atom is -0.406 e. The van der Waals surface area contributed by atoms with Gasteiger partial charge in [0.05, 0.1) is 0 Å². The molecule has 2 fully saturated rings. The van der Waals surface area contributed by atoms with E-state index < -0.39 is 33.6 Å². The van der Waals surface area contributed by atoms with Crippen molar-refractivity contribution in [3.63, 3.8) is 0 Å². The second-order valence-electron chi connectivity index (χ2n) is 12.3. The number of rotatable bonds is 7. The number of carbonyl (C=O) groups excluding carboxylic acids is 2. The summed E-state index contributed by atoms with van der Waals surface area (Å²) in [5.41, 5.74) is 1.88. The van der Waals surface area contributed by atoms with Gasteiger partial charge in [-0.1, -0.05) is 12.1 Å². The number of halogens is 3. The van der Waals surface area contributed by atoms with E-state index in [9.17, 15) is 31.2 Å². The Hall–Kier alpha value is -3.75. The third kappa shape index (κ3) is 7.29. The van der Waals surface area contributed by atoms with E-state index in [0.29, 0.717) is 30.3 Å². The van der Waals surface area contributed by atoms with Gasteiger partial charge < -0.3 is 19.9 Å². The Balaban J connectivity index is 1.24. The fourth-order valence-electron chi connectivity index (χ4n) is 6.31. The fourth-order valence-corrected chi connectivity index (χ4v) is 7.48. The summed E-state index contributed by atoms with van der Waals surface area (Å²) in [7, 11) is 0.246. The summed E-state index contributed by atoms with van der Waals surface area (Å²) < 4.78 is 69.8. The van der Waals surface area contributed by atoms with Crippen LogP contribution >= 0.6 is 0 Å². The second-order valence-corrected chi connectivity index (χ2v) is 14.1. The molecule has 248 valence electrons. The first-order valence-corrected chi connectivity index (χ1v) is 16.6. The zero-order valence-corrected chi connectivity index (χ0v) is 27.0. The molecule has 2 aromatic rings. The highest BCUT2D eigenvalue weighted by Crippen LogP contribution is 2.33. The lowest BCUT2D eigenvalue weighted by Gasteiger charge is -2.35. The van der Waals surface area contributed by atoms with Crippen molar-refractivity contribution in [2.45, 2.75) is 57.5 Å². The fraction of sp³-hybridized carbons (Fsp3) is 0.469. The number of aliphatic imine (C=N–C) groups is 1. The van der Waals surface area contributed by atoms with E-state index in [2.05, 4.69) is 19.9 Å². The first-order valence-electron chi connectivity index (χ1n) is 15.1. The summed E-state index contributed by atoms with van der Waals surface area (Å²) in [6.45, 7) is 5.13. The van der Waals surface area contributed by atoms with Crippen LogP contribution in [-0.4, -0.2) is 98.4 Å². The highest BCUT2D eigenvalue weighted by molar-refractivity contribution is 7.92. The Morgan fingerprint density at radius 2 is 1.70 bits per heavy atom. The summed E-state index contributed by atoms with van der Waals surface area (Å²) in [6, 6.07) is 9.20. The largest absolute Gasteiger partial charge is 0.573 e. The standard InChI is InChI=1S/C32H38F3N5O5S/c1-21-18-24(29(41)39-13-8-25(9-14-39)38(3)4)19-22(2)27(21)10-17-46(43,44)40-15-11-31(12-16-40)30(42)36-28(37-31)23-6-5-7-26(20-23)45-32(33,34)35/h5-7,10,17-20,25H,8-9,11-16H2,1-4H3,(H,36,37,42). The molecule has 2 amide bonds. The molecule has 14 heteroatoms. The van der Waals surface area contributed by atoms with Crippen LogP contribution in [0.2, 0.25) is 0 Å². The molecule has 2 aromatic carbocycles. The summed E-state index contributed by atoms with van der Waals surface area (Å²) in [5.74, 6) is -0.791. The molecule has 0 bridgehead atoms. The number of likely N-dealkylation sites (tertiary alicyclic amines) is 1. The number of alkyl halides is 3. The van der Waals surface area contributed by atoms with Crippen LogP contribution in [0.1, 0.15) is 58.3 Å². The molecule has 5 rings (SSSR count). The minimum absolute atomic E-state index is 0.0297. The molecule has 0 radical (unpaired) electrons. The third-order valence-corrected chi connectivity index (χ3v) is 10.5. The Morgan fingerprint density at radius 1 is 1.07 bits per heavy atom. The van der Waals surface area contributed by atoms with Gasteiger partial charge in [-0.15, -0.1) is 13.2 Å². The minimum atomic E-state index is -4.86. The van der Waals surface area contributed by atoms with Crippen molar-refractivity contribution in [1.29, 1.82) is 0 Å². The summed E-state index contributed by atoms with van der Waals surface area (Å²) >= 11 is 0. The maximum atomic E-state index is 13.3. The van der Waals surface area contributed by atoms with E-state index in [1.54, 1.807) is 12.1 Å². The van der Waals surface area contributed by atoms with Crippen LogP contribution in [0.3, 0.4) is 0 Å². The topological polar surface area (TPSA) is 112 Å². The number of carbonyl (C=O) groups is 2. The normalized spacial score (nSPS) is 19.6. The van der Waals surface area contributed by atoms with Gasteiger partial charge in [0, 0.05) is 48.8 Å². The van der Waals surface area contributed by atoms with Crippen LogP contribution in [0.25, 0.3) is 6.08 Å². The average Bonchev–Trinajstić information content (AvgIpc) is 3.30. The van der Waals surface area contributed by atoms with Gasteiger partial charge in [-0.3, -0.25) is 14.6 Å². The Bertz CT molecular complexity index is 1650.